The van der Waals surface area contributed by atoms with E-state index < -0.39 is 0 Å². The molecule has 0 bridgehead atoms. The molecule has 2 aromatic rings. The Morgan fingerprint density at radius 2 is 2.21 bits per heavy atom. The minimum Gasteiger partial charge on any atom is -0.337 e. The van der Waals surface area contributed by atoms with Crippen LogP contribution < -0.4 is 4.90 Å². The predicted octanol–water partition coefficient (Wildman–Crippen LogP) is 2.99. The van der Waals surface area contributed by atoms with Crippen molar-refractivity contribution in [2.45, 2.75) is 32.2 Å². The van der Waals surface area contributed by atoms with Gasteiger partial charge in [0, 0.05) is 36.9 Å². The van der Waals surface area contributed by atoms with Crippen LogP contribution in [0, 0.1) is 0 Å². The molecule has 3 heterocycles. The van der Waals surface area contributed by atoms with E-state index in [-0.39, 0.29) is 6.04 Å². The maximum atomic E-state index is 4.57. The molecule has 1 aliphatic heterocycles. The molecule has 7 heteroatoms. The lowest BCUT2D eigenvalue weighted by molar-refractivity contribution is 0.662. The average Bonchev–Trinajstić information content (AvgIpc) is 3.07. The molecule has 1 saturated heterocycles. The lowest BCUT2D eigenvalue weighted by Gasteiger charge is -2.22. The third-order valence-electron chi connectivity index (χ3n) is 3.21. The van der Waals surface area contributed by atoms with Gasteiger partial charge in [0.25, 0.3) is 0 Å². The molecular weight excluding hydrogens is 326 g/mol. The van der Waals surface area contributed by atoms with Gasteiger partial charge in [0.2, 0.25) is 5.13 Å². The van der Waals surface area contributed by atoms with Crippen molar-refractivity contribution >= 4 is 32.6 Å². The summed E-state index contributed by atoms with van der Waals surface area (Å²) >= 11 is 4.84. The Balaban J connectivity index is 1.86. The first-order valence-corrected chi connectivity index (χ1v) is 7.91. The number of aryl methyl sites for hydroxylation is 1. The Morgan fingerprint density at radius 3 is 2.89 bits per heavy atom. The van der Waals surface area contributed by atoms with Gasteiger partial charge in [0.1, 0.15) is 5.82 Å². The number of nitrogens with zero attached hydrogens (tertiary/aromatic N) is 5. The van der Waals surface area contributed by atoms with Gasteiger partial charge in [0.15, 0.2) is 5.82 Å². The highest BCUT2D eigenvalue weighted by molar-refractivity contribution is 9.10. The van der Waals surface area contributed by atoms with Crippen molar-refractivity contribution in [3.8, 4) is 0 Å². The van der Waals surface area contributed by atoms with Gasteiger partial charge >= 0.3 is 0 Å². The molecule has 1 atom stereocenters. The molecule has 5 nitrogen and oxygen atoms in total. The molecule has 1 aliphatic rings. The third kappa shape index (κ3) is 2.62. The summed E-state index contributed by atoms with van der Waals surface area (Å²) in [6.45, 7) is 3.08. The summed E-state index contributed by atoms with van der Waals surface area (Å²) in [7, 11) is 0. The number of rotatable bonds is 3. The van der Waals surface area contributed by atoms with Gasteiger partial charge in [-0.2, -0.15) is 4.37 Å². The van der Waals surface area contributed by atoms with Crippen LogP contribution >= 0.6 is 27.5 Å². The monoisotopic (exact) mass is 339 g/mol. The molecule has 3 rings (SSSR count). The largest absolute Gasteiger partial charge is 0.337 e. The predicted molar refractivity (Wildman–Crippen MR) is 78.3 cm³/mol. The lowest BCUT2D eigenvalue weighted by atomic mass is 10.2. The van der Waals surface area contributed by atoms with Crippen LogP contribution in [-0.2, 0) is 6.42 Å². The van der Waals surface area contributed by atoms with E-state index in [9.17, 15) is 0 Å². The van der Waals surface area contributed by atoms with Crippen LogP contribution in [0.3, 0.4) is 0 Å². The summed E-state index contributed by atoms with van der Waals surface area (Å²) in [5.74, 6) is 1.79. The van der Waals surface area contributed by atoms with E-state index in [2.05, 4.69) is 47.1 Å². The maximum absolute atomic E-state index is 4.57. The van der Waals surface area contributed by atoms with Crippen molar-refractivity contribution in [3.05, 3.63) is 28.5 Å². The molecule has 1 unspecified atom stereocenters. The number of halogens is 1. The van der Waals surface area contributed by atoms with Gasteiger partial charge in [-0.05, 0) is 28.8 Å². The molecule has 0 spiro atoms. The SMILES string of the molecule is CCc1nsc(N2CCCC2c2ncc(Br)cn2)n1. The van der Waals surface area contributed by atoms with Gasteiger partial charge in [-0.15, -0.1) is 0 Å². The van der Waals surface area contributed by atoms with Crippen LogP contribution in [0.1, 0.15) is 37.5 Å². The topological polar surface area (TPSA) is 54.8 Å². The molecule has 0 amide bonds. The summed E-state index contributed by atoms with van der Waals surface area (Å²) in [5.41, 5.74) is 0. The molecule has 0 aromatic carbocycles. The Kier molecular flexibility index (Phi) is 3.74. The van der Waals surface area contributed by atoms with Gasteiger partial charge in [-0.1, -0.05) is 6.92 Å². The third-order valence-corrected chi connectivity index (χ3v) is 4.41. The van der Waals surface area contributed by atoms with Gasteiger partial charge < -0.3 is 4.90 Å². The van der Waals surface area contributed by atoms with Gasteiger partial charge in [-0.3, -0.25) is 0 Å². The molecule has 0 radical (unpaired) electrons. The van der Waals surface area contributed by atoms with E-state index in [4.69, 9.17) is 0 Å². The van der Waals surface area contributed by atoms with E-state index in [0.717, 1.165) is 47.1 Å². The minimum atomic E-state index is 0.228. The lowest BCUT2D eigenvalue weighted by Crippen LogP contribution is -2.24. The van der Waals surface area contributed by atoms with Crippen molar-refractivity contribution < 1.29 is 0 Å². The Hall–Kier alpha value is -1.08. The standard InChI is InChI=1S/C12H14BrN5S/c1-2-10-16-12(19-17-10)18-5-3-4-9(18)11-14-6-8(13)7-15-11/h6-7,9H,2-5H2,1H3. The Labute approximate surface area is 124 Å². The van der Waals surface area contributed by atoms with Crippen molar-refractivity contribution in [1.29, 1.82) is 0 Å². The smallest absolute Gasteiger partial charge is 0.205 e. The maximum Gasteiger partial charge on any atom is 0.205 e. The zero-order chi connectivity index (χ0) is 13.2. The molecule has 2 aromatic heterocycles. The van der Waals surface area contributed by atoms with E-state index in [1.165, 1.54) is 11.5 Å². The molecular formula is C12H14BrN5S. The Bertz CT molecular complexity index is 556. The van der Waals surface area contributed by atoms with Gasteiger partial charge in [-0.25, -0.2) is 15.0 Å². The van der Waals surface area contributed by atoms with E-state index in [0.29, 0.717) is 0 Å². The summed E-state index contributed by atoms with van der Waals surface area (Å²) in [6.07, 6.45) is 6.70. The van der Waals surface area contributed by atoms with Crippen LogP contribution in [0.25, 0.3) is 0 Å². The minimum absolute atomic E-state index is 0.228. The second-order valence-corrected chi connectivity index (χ2v) is 6.10. The zero-order valence-electron chi connectivity index (χ0n) is 10.6. The first-order chi connectivity index (χ1) is 9.28. The van der Waals surface area contributed by atoms with Crippen LogP contribution in [0.4, 0.5) is 5.13 Å². The number of hydrogen-bond donors (Lipinski definition) is 0. The van der Waals surface area contributed by atoms with Gasteiger partial charge in [0.05, 0.1) is 10.5 Å². The van der Waals surface area contributed by atoms with Crippen molar-refractivity contribution in [2.75, 3.05) is 11.4 Å². The first kappa shape index (κ1) is 12.9. The van der Waals surface area contributed by atoms with Crippen LogP contribution in [0.2, 0.25) is 0 Å². The molecule has 100 valence electrons. The fraction of sp³-hybridized carbons (Fsp3) is 0.500. The highest BCUT2D eigenvalue weighted by atomic mass is 79.9. The number of anilines is 1. The quantitative estimate of drug-likeness (QED) is 0.860. The normalized spacial score (nSPS) is 19.1. The van der Waals surface area contributed by atoms with Crippen molar-refractivity contribution in [3.63, 3.8) is 0 Å². The molecule has 1 fully saturated rings. The summed E-state index contributed by atoms with van der Waals surface area (Å²) in [6, 6.07) is 0.228. The van der Waals surface area contributed by atoms with E-state index in [1.807, 2.05) is 0 Å². The van der Waals surface area contributed by atoms with Crippen molar-refractivity contribution in [2.24, 2.45) is 0 Å². The number of aromatic nitrogens is 4. The zero-order valence-corrected chi connectivity index (χ0v) is 13.0. The summed E-state index contributed by atoms with van der Waals surface area (Å²) in [5, 5.41) is 0.992. The fourth-order valence-electron chi connectivity index (χ4n) is 2.26. The van der Waals surface area contributed by atoms with E-state index >= 15 is 0 Å². The second kappa shape index (κ2) is 5.50. The van der Waals surface area contributed by atoms with E-state index in [1.54, 1.807) is 12.4 Å². The first-order valence-electron chi connectivity index (χ1n) is 6.34. The summed E-state index contributed by atoms with van der Waals surface area (Å²) in [4.78, 5) is 15.7. The molecule has 0 aliphatic carbocycles. The second-order valence-electron chi connectivity index (χ2n) is 4.46. The highest BCUT2D eigenvalue weighted by Crippen LogP contribution is 2.35. The van der Waals surface area contributed by atoms with Crippen molar-refractivity contribution in [1.82, 2.24) is 19.3 Å². The van der Waals surface area contributed by atoms with Crippen LogP contribution in [-0.4, -0.2) is 25.9 Å². The molecule has 19 heavy (non-hydrogen) atoms. The Morgan fingerprint density at radius 1 is 1.42 bits per heavy atom. The fourth-order valence-corrected chi connectivity index (χ4v) is 3.29. The summed E-state index contributed by atoms with van der Waals surface area (Å²) < 4.78 is 5.27. The van der Waals surface area contributed by atoms with Crippen LogP contribution in [0.15, 0.2) is 16.9 Å². The van der Waals surface area contributed by atoms with Crippen LogP contribution in [0.5, 0.6) is 0 Å². The number of hydrogen-bond acceptors (Lipinski definition) is 6. The average molecular weight is 340 g/mol. The molecule has 0 N–H and O–H groups in total. The highest BCUT2D eigenvalue weighted by Gasteiger charge is 2.30. The molecule has 0 saturated carbocycles.